The van der Waals surface area contributed by atoms with Gasteiger partial charge in [-0.3, -0.25) is 9.59 Å². The van der Waals surface area contributed by atoms with Gasteiger partial charge in [0.05, 0.1) is 10.7 Å². The molecule has 0 spiro atoms. The molecule has 2 aromatic carbocycles. The second-order valence-corrected chi connectivity index (χ2v) is 9.87. The van der Waals surface area contributed by atoms with Crippen LogP contribution in [-0.2, 0) is 20.9 Å². The zero-order valence-corrected chi connectivity index (χ0v) is 20.9. The monoisotopic (exact) mass is 574 g/mol. The molecule has 0 aromatic heterocycles. The molecule has 2 aromatic rings. The summed E-state index contributed by atoms with van der Waals surface area (Å²) in [5, 5.41) is 0. The first-order valence-corrected chi connectivity index (χ1v) is 12.5. The van der Waals surface area contributed by atoms with Crippen LogP contribution in [0.3, 0.4) is 0 Å². The minimum Gasteiger partial charge on any atom is -0.493 e. The van der Waals surface area contributed by atoms with Gasteiger partial charge in [0.25, 0.3) is 0 Å². The van der Waals surface area contributed by atoms with Crippen molar-refractivity contribution in [1.29, 1.82) is 0 Å². The maximum Gasteiger partial charge on any atom is 0.174 e. The van der Waals surface area contributed by atoms with Crippen molar-refractivity contribution in [2.24, 2.45) is 0 Å². The normalized spacial score (nSPS) is 18.4. The van der Waals surface area contributed by atoms with E-state index >= 15 is 0 Å². The van der Waals surface area contributed by atoms with Gasteiger partial charge in [-0.15, -0.1) is 0 Å². The Morgan fingerprint density at radius 1 is 0.971 bits per heavy atom. The second-order valence-electron chi connectivity index (χ2n) is 8.71. The molecule has 0 saturated heterocycles. The maximum atomic E-state index is 13.2. The molecule has 1 aliphatic heterocycles. The Morgan fingerprint density at radius 3 is 2.18 bits per heavy atom. The third kappa shape index (κ3) is 4.26. The Bertz CT molecular complexity index is 1190. The summed E-state index contributed by atoms with van der Waals surface area (Å²) < 4.78 is 31.9. The molecule has 0 N–H and O–H groups in total. The van der Waals surface area contributed by atoms with E-state index in [1.807, 2.05) is 12.1 Å². The Morgan fingerprint density at radius 2 is 1.59 bits per heavy atom. The molecule has 0 amide bonds. The molecule has 0 saturated carbocycles. The summed E-state index contributed by atoms with van der Waals surface area (Å²) >= 11 is 2.19. The lowest BCUT2D eigenvalue weighted by Crippen LogP contribution is -2.30. The molecule has 2 aliphatic carbocycles. The lowest BCUT2D eigenvalue weighted by Gasteiger charge is -2.36. The van der Waals surface area contributed by atoms with Gasteiger partial charge in [-0.2, -0.15) is 0 Å². The van der Waals surface area contributed by atoms with E-state index in [0.29, 0.717) is 59.8 Å². The van der Waals surface area contributed by atoms with Crippen molar-refractivity contribution in [3.63, 3.8) is 0 Å². The van der Waals surface area contributed by atoms with Gasteiger partial charge in [0.15, 0.2) is 23.1 Å². The largest absolute Gasteiger partial charge is 0.493 e. The van der Waals surface area contributed by atoms with Crippen LogP contribution in [0.1, 0.15) is 55.6 Å². The van der Waals surface area contributed by atoms with E-state index in [1.54, 1.807) is 19.2 Å². The van der Waals surface area contributed by atoms with Gasteiger partial charge in [0.2, 0.25) is 0 Å². The van der Waals surface area contributed by atoms with Crippen LogP contribution >= 0.6 is 22.6 Å². The lowest BCUT2D eigenvalue weighted by atomic mass is 9.73. The van der Waals surface area contributed by atoms with Crippen LogP contribution in [-0.4, -0.2) is 18.7 Å². The summed E-state index contributed by atoms with van der Waals surface area (Å²) in [5.74, 6) is 1.84. The Balaban J connectivity index is 1.55. The quantitative estimate of drug-likeness (QED) is 0.402. The SMILES string of the molecule is COc1cc(C2C3=C(CCCC3=O)OC3=C2C(=O)CCC3)cc(I)c1OCc1ccc(F)cc1. The summed E-state index contributed by atoms with van der Waals surface area (Å²) in [6.45, 7) is 0.255. The lowest BCUT2D eigenvalue weighted by molar-refractivity contribution is -0.117. The molecule has 5 nitrogen and oxygen atoms in total. The predicted molar refractivity (Wildman–Crippen MR) is 132 cm³/mol. The smallest absolute Gasteiger partial charge is 0.174 e. The Labute approximate surface area is 211 Å². The molecule has 0 radical (unpaired) electrons. The van der Waals surface area contributed by atoms with E-state index in [2.05, 4.69) is 22.6 Å². The highest BCUT2D eigenvalue weighted by atomic mass is 127. The summed E-state index contributed by atoms with van der Waals surface area (Å²) in [6.07, 6.45) is 3.85. The molecule has 1 heterocycles. The number of methoxy groups -OCH3 is 1. The fraction of sp³-hybridized carbons (Fsp3) is 0.333. The fourth-order valence-electron chi connectivity index (χ4n) is 4.93. The molecular formula is C27H24FIO5. The van der Waals surface area contributed by atoms with E-state index in [0.717, 1.165) is 27.5 Å². The topological polar surface area (TPSA) is 61.8 Å². The number of hydrogen-bond donors (Lipinski definition) is 0. The number of ketones is 2. The van der Waals surface area contributed by atoms with Crippen LogP contribution in [0.2, 0.25) is 0 Å². The first-order valence-electron chi connectivity index (χ1n) is 11.4. The van der Waals surface area contributed by atoms with Crippen LogP contribution in [0.15, 0.2) is 59.1 Å². The number of ether oxygens (including phenoxy) is 3. The van der Waals surface area contributed by atoms with E-state index in [-0.39, 0.29) is 24.0 Å². The maximum absolute atomic E-state index is 13.2. The van der Waals surface area contributed by atoms with Crippen LogP contribution in [0.4, 0.5) is 4.39 Å². The van der Waals surface area contributed by atoms with E-state index in [9.17, 15) is 14.0 Å². The van der Waals surface area contributed by atoms with Crippen molar-refractivity contribution < 1.29 is 28.2 Å². The van der Waals surface area contributed by atoms with Crippen LogP contribution < -0.4 is 9.47 Å². The summed E-state index contributed by atoms with van der Waals surface area (Å²) in [6, 6.07) is 9.96. The van der Waals surface area contributed by atoms with E-state index in [4.69, 9.17) is 14.2 Å². The minimum atomic E-state index is -0.451. The molecule has 0 fully saturated rings. The van der Waals surface area contributed by atoms with Crippen molar-refractivity contribution in [2.75, 3.05) is 7.11 Å². The van der Waals surface area contributed by atoms with E-state index in [1.165, 1.54) is 12.1 Å². The average molecular weight is 574 g/mol. The van der Waals surface area contributed by atoms with Crippen molar-refractivity contribution in [2.45, 2.75) is 51.0 Å². The molecule has 176 valence electrons. The van der Waals surface area contributed by atoms with Gasteiger partial charge in [-0.25, -0.2) is 4.39 Å². The van der Waals surface area contributed by atoms with Crippen molar-refractivity contribution in [3.05, 3.63) is 79.6 Å². The van der Waals surface area contributed by atoms with Gasteiger partial charge in [-0.05, 0) is 70.8 Å². The molecule has 0 unspecified atom stereocenters. The standard InChI is InChI=1S/C27H24FIO5/c1-32-23-13-16(12-18(29)27(23)33-14-15-8-10-17(28)11-9-15)24-25-19(30)4-2-6-21(25)34-22-7-3-5-20(31)26(22)24/h8-13,24H,2-7,14H2,1H3. The second kappa shape index (κ2) is 9.52. The zero-order valence-electron chi connectivity index (χ0n) is 18.8. The highest BCUT2D eigenvalue weighted by molar-refractivity contribution is 14.1. The number of rotatable bonds is 5. The molecular weight excluding hydrogens is 550 g/mol. The Hall–Kier alpha value is -2.68. The number of allylic oxidation sites excluding steroid dienone is 4. The van der Waals surface area contributed by atoms with Crippen LogP contribution in [0.5, 0.6) is 11.5 Å². The van der Waals surface area contributed by atoms with Gasteiger partial charge in [0.1, 0.15) is 23.9 Å². The molecule has 3 aliphatic rings. The molecule has 7 heteroatoms. The molecule has 34 heavy (non-hydrogen) atoms. The molecule has 5 rings (SSSR count). The minimum absolute atomic E-state index is 0.0433. The fourth-order valence-corrected chi connectivity index (χ4v) is 5.71. The average Bonchev–Trinajstić information content (AvgIpc) is 2.83. The summed E-state index contributed by atoms with van der Waals surface area (Å²) in [4.78, 5) is 26.1. The first kappa shape index (κ1) is 23.1. The Kier molecular flexibility index (Phi) is 6.46. The van der Waals surface area contributed by atoms with Crippen molar-refractivity contribution in [1.82, 2.24) is 0 Å². The highest BCUT2D eigenvalue weighted by Gasteiger charge is 2.42. The number of carbonyl (C=O) groups is 2. The summed E-state index contributed by atoms with van der Waals surface area (Å²) in [5.41, 5.74) is 2.87. The zero-order chi connectivity index (χ0) is 23.8. The number of carbonyl (C=O) groups excluding carboxylic acids is 2. The number of hydrogen-bond acceptors (Lipinski definition) is 5. The molecule has 0 atom stereocenters. The van der Waals surface area contributed by atoms with Crippen LogP contribution in [0.25, 0.3) is 0 Å². The van der Waals surface area contributed by atoms with E-state index < -0.39 is 5.92 Å². The van der Waals surface area contributed by atoms with Crippen molar-refractivity contribution in [3.8, 4) is 11.5 Å². The third-order valence-corrected chi connectivity index (χ3v) is 7.32. The predicted octanol–water partition coefficient (Wildman–Crippen LogP) is 6.15. The number of halogens is 2. The van der Waals surface area contributed by atoms with Gasteiger partial charge in [0, 0.05) is 42.7 Å². The number of Topliss-reactive ketones (excluding diaryl/α,β-unsaturated/α-hetero) is 2. The van der Waals surface area contributed by atoms with Gasteiger partial charge < -0.3 is 14.2 Å². The summed E-state index contributed by atoms with van der Waals surface area (Å²) in [7, 11) is 1.57. The van der Waals surface area contributed by atoms with Crippen molar-refractivity contribution >= 4 is 34.2 Å². The molecule has 0 bridgehead atoms. The van der Waals surface area contributed by atoms with Gasteiger partial charge >= 0.3 is 0 Å². The van der Waals surface area contributed by atoms with Gasteiger partial charge in [-0.1, -0.05) is 12.1 Å². The third-order valence-electron chi connectivity index (χ3n) is 6.52. The number of benzene rings is 2. The van der Waals surface area contributed by atoms with Crippen LogP contribution in [0, 0.1) is 9.39 Å². The first-order chi connectivity index (χ1) is 16.5. The highest BCUT2D eigenvalue weighted by Crippen LogP contribution is 2.49.